The molecule has 4 nitrogen and oxygen atoms in total. The molecule has 0 radical (unpaired) electrons. The summed E-state index contributed by atoms with van der Waals surface area (Å²) in [5.74, 6) is -0.174. The maximum atomic E-state index is 12.5. The molecule has 106 valence electrons. The minimum Gasteiger partial charge on any atom is -0.397 e. The summed E-state index contributed by atoms with van der Waals surface area (Å²) in [5, 5.41) is 0.395. The van der Waals surface area contributed by atoms with Gasteiger partial charge in [0.15, 0.2) is 5.43 Å². The second-order valence-electron chi connectivity index (χ2n) is 4.70. The van der Waals surface area contributed by atoms with Crippen LogP contribution in [0.3, 0.4) is 0 Å². The summed E-state index contributed by atoms with van der Waals surface area (Å²) in [5.41, 5.74) is 7.40. The predicted molar refractivity (Wildman–Crippen MR) is 89.2 cm³/mol. The largest absolute Gasteiger partial charge is 0.397 e. The number of aromatic nitrogens is 1. The molecule has 0 spiro atoms. The van der Waals surface area contributed by atoms with Gasteiger partial charge >= 0.3 is 0 Å². The van der Waals surface area contributed by atoms with Crippen molar-refractivity contribution >= 4 is 49.0 Å². The molecule has 0 aliphatic rings. The van der Waals surface area contributed by atoms with Crippen molar-refractivity contribution in [1.29, 1.82) is 0 Å². The minimum absolute atomic E-state index is 0.162. The molecule has 3 rings (SSSR count). The number of H-pyrrole nitrogens is 1. The van der Waals surface area contributed by atoms with E-state index in [1.807, 2.05) is 0 Å². The lowest BCUT2D eigenvalue weighted by atomic mass is 10.1. The zero-order valence-electron chi connectivity index (χ0n) is 11.1. The van der Waals surface area contributed by atoms with Crippen molar-refractivity contribution in [3.05, 3.63) is 61.2 Å². The summed E-state index contributed by atoms with van der Waals surface area (Å²) in [6.07, 6.45) is 0. The van der Waals surface area contributed by atoms with Gasteiger partial charge in [-0.25, -0.2) is 0 Å². The van der Waals surface area contributed by atoms with Gasteiger partial charge < -0.3 is 10.7 Å². The average molecular weight is 363 g/mol. The zero-order valence-corrected chi connectivity index (χ0v) is 13.5. The highest BCUT2D eigenvalue weighted by molar-refractivity contribution is 9.10. The molecular formula is C15H11BrN2O2S. The van der Waals surface area contributed by atoms with Gasteiger partial charge in [-0.15, -0.1) is 11.3 Å². The average Bonchev–Trinajstić information content (AvgIpc) is 2.76. The molecule has 0 saturated heterocycles. The van der Waals surface area contributed by atoms with Crippen LogP contribution in [0.1, 0.15) is 20.9 Å². The molecule has 3 aromatic rings. The first-order valence-electron chi connectivity index (χ1n) is 6.19. The summed E-state index contributed by atoms with van der Waals surface area (Å²) < 4.78 is 0.897. The van der Waals surface area contributed by atoms with Crippen molar-refractivity contribution in [2.75, 3.05) is 5.73 Å². The van der Waals surface area contributed by atoms with Gasteiger partial charge in [-0.3, -0.25) is 9.59 Å². The van der Waals surface area contributed by atoms with Crippen LogP contribution >= 0.6 is 27.3 Å². The number of anilines is 1. The Balaban J connectivity index is 2.19. The molecule has 6 heteroatoms. The van der Waals surface area contributed by atoms with E-state index in [4.69, 9.17) is 5.73 Å². The standard InChI is InChI=1S/C15H11BrN2O2S/c1-7-6-10(19)11-12(17)14(21-15(11)18-7)13(20)8-2-4-9(16)5-3-8/h2-6H,17H2,1H3,(H,18,19). The highest BCUT2D eigenvalue weighted by Gasteiger charge is 2.20. The number of fused-ring (bicyclic) bond motifs is 1. The van der Waals surface area contributed by atoms with Crippen LogP contribution in [-0.2, 0) is 0 Å². The van der Waals surface area contributed by atoms with Crippen LogP contribution in [0.25, 0.3) is 10.2 Å². The number of carbonyl (C=O) groups excluding carboxylic acids is 1. The number of aryl methyl sites for hydroxylation is 1. The molecule has 0 aliphatic heterocycles. The molecule has 1 aromatic carbocycles. The summed E-state index contributed by atoms with van der Waals surface area (Å²) in [6.45, 7) is 1.80. The second-order valence-corrected chi connectivity index (χ2v) is 6.64. The second kappa shape index (κ2) is 5.13. The Morgan fingerprint density at radius 3 is 2.62 bits per heavy atom. The number of nitrogens with one attached hydrogen (secondary N) is 1. The van der Waals surface area contributed by atoms with Crippen LogP contribution in [0.4, 0.5) is 5.69 Å². The van der Waals surface area contributed by atoms with E-state index in [1.54, 1.807) is 31.2 Å². The Kier molecular flexibility index (Phi) is 3.43. The predicted octanol–water partition coefficient (Wildman–Crippen LogP) is 3.47. The molecule has 0 bridgehead atoms. The molecule has 0 atom stereocenters. The number of hydrogen-bond donors (Lipinski definition) is 2. The highest BCUT2D eigenvalue weighted by Crippen LogP contribution is 2.32. The lowest BCUT2D eigenvalue weighted by molar-refractivity contribution is 0.104. The Morgan fingerprint density at radius 2 is 1.95 bits per heavy atom. The number of carbonyl (C=O) groups is 1. The Labute approximate surface area is 132 Å². The van der Waals surface area contributed by atoms with Crippen molar-refractivity contribution in [2.45, 2.75) is 6.92 Å². The van der Waals surface area contributed by atoms with Crippen molar-refractivity contribution in [1.82, 2.24) is 4.98 Å². The summed E-state index contributed by atoms with van der Waals surface area (Å²) >= 11 is 4.55. The fraction of sp³-hybridized carbons (Fsp3) is 0.0667. The smallest absolute Gasteiger partial charge is 0.205 e. The first-order chi connectivity index (χ1) is 9.97. The van der Waals surface area contributed by atoms with E-state index in [0.29, 0.717) is 20.7 Å². The van der Waals surface area contributed by atoms with Gasteiger partial charge in [-0.05, 0) is 31.2 Å². The molecule has 0 unspecified atom stereocenters. The van der Waals surface area contributed by atoms with E-state index in [9.17, 15) is 9.59 Å². The number of nitrogen functional groups attached to an aromatic ring is 1. The fourth-order valence-corrected chi connectivity index (χ4v) is 3.58. The van der Waals surface area contributed by atoms with Gasteiger partial charge in [0.1, 0.15) is 9.71 Å². The SMILES string of the molecule is Cc1cc(=O)c2c(N)c(C(=O)c3ccc(Br)cc3)sc2[nH]1. The monoisotopic (exact) mass is 362 g/mol. The number of ketones is 1. The summed E-state index contributed by atoms with van der Waals surface area (Å²) in [4.78, 5) is 28.7. The van der Waals surface area contributed by atoms with Crippen LogP contribution < -0.4 is 11.2 Å². The lowest BCUT2D eigenvalue weighted by Gasteiger charge is -2.00. The number of rotatable bonds is 2. The third kappa shape index (κ3) is 2.41. The Bertz CT molecular complexity index is 910. The molecule has 0 amide bonds. The highest BCUT2D eigenvalue weighted by atomic mass is 79.9. The van der Waals surface area contributed by atoms with Crippen LogP contribution in [0, 0.1) is 6.92 Å². The van der Waals surface area contributed by atoms with Gasteiger partial charge in [0.2, 0.25) is 5.78 Å². The molecule has 3 N–H and O–H groups in total. The number of halogens is 1. The van der Waals surface area contributed by atoms with Gasteiger partial charge in [0.25, 0.3) is 0 Å². The molecular weight excluding hydrogens is 352 g/mol. The van der Waals surface area contributed by atoms with E-state index in [1.165, 1.54) is 17.4 Å². The van der Waals surface area contributed by atoms with Crippen LogP contribution in [0.2, 0.25) is 0 Å². The number of hydrogen-bond acceptors (Lipinski definition) is 4. The van der Waals surface area contributed by atoms with Crippen LogP contribution in [0.5, 0.6) is 0 Å². The molecule has 21 heavy (non-hydrogen) atoms. The number of benzene rings is 1. The van der Waals surface area contributed by atoms with Crippen molar-refractivity contribution in [3.63, 3.8) is 0 Å². The van der Waals surface area contributed by atoms with Crippen molar-refractivity contribution < 1.29 is 4.79 Å². The zero-order chi connectivity index (χ0) is 15.1. The van der Waals surface area contributed by atoms with E-state index in [0.717, 1.165) is 10.2 Å². The number of nitrogens with two attached hydrogens (primary N) is 1. The quantitative estimate of drug-likeness (QED) is 0.685. The van der Waals surface area contributed by atoms with E-state index in [2.05, 4.69) is 20.9 Å². The maximum Gasteiger partial charge on any atom is 0.205 e. The Hall–Kier alpha value is -1.92. The molecule has 2 aromatic heterocycles. The fourth-order valence-electron chi connectivity index (χ4n) is 2.16. The van der Waals surface area contributed by atoms with E-state index in [-0.39, 0.29) is 16.9 Å². The van der Waals surface area contributed by atoms with Gasteiger partial charge in [-0.1, -0.05) is 15.9 Å². The molecule has 0 saturated carbocycles. The van der Waals surface area contributed by atoms with E-state index < -0.39 is 0 Å². The minimum atomic E-state index is -0.174. The summed E-state index contributed by atoms with van der Waals surface area (Å²) in [7, 11) is 0. The first kappa shape index (κ1) is 14.0. The molecule has 0 aliphatic carbocycles. The van der Waals surface area contributed by atoms with Gasteiger partial charge in [0.05, 0.1) is 11.1 Å². The lowest BCUT2D eigenvalue weighted by Crippen LogP contribution is -2.05. The van der Waals surface area contributed by atoms with Gasteiger partial charge in [-0.2, -0.15) is 0 Å². The van der Waals surface area contributed by atoms with Crippen molar-refractivity contribution in [2.24, 2.45) is 0 Å². The third-order valence-electron chi connectivity index (χ3n) is 3.16. The van der Waals surface area contributed by atoms with E-state index >= 15 is 0 Å². The Morgan fingerprint density at radius 1 is 1.29 bits per heavy atom. The topological polar surface area (TPSA) is 76.0 Å². The molecule has 0 fully saturated rings. The number of aromatic amines is 1. The number of thiophene rings is 1. The molecule has 2 heterocycles. The van der Waals surface area contributed by atoms with Crippen molar-refractivity contribution in [3.8, 4) is 0 Å². The summed E-state index contributed by atoms with van der Waals surface area (Å²) in [6, 6.07) is 8.53. The normalized spacial score (nSPS) is 11.0. The first-order valence-corrected chi connectivity index (χ1v) is 7.80. The van der Waals surface area contributed by atoms with Crippen LogP contribution in [-0.4, -0.2) is 10.8 Å². The number of pyridine rings is 1. The van der Waals surface area contributed by atoms with Crippen LogP contribution in [0.15, 0.2) is 39.6 Å². The third-order valence-corrected chi connectivity index (χ3v) is 4.81. The maximum absolute atomic E-state index is 12.5. The van der Waals surface area contributed by atoms with Gasteiger partial charge in [0, 0.05) is 21.8 Å².